The number of hydrogen-bond donors (Lipinski definition) is 2. The lowest BCUT2D eigenvalue weighted by molar-refractivity contribution is -0.123. The Hall–Kier alpha value is -3.32. The lowest BCUT2D eigenvalue weighted by atomic mass is 10.1. The first kappa shape index (κ1) is 21.4. The van der Waals surface area contributed by atoms with Gasteiger partial charge in [-0.05, 0) is 54.8 Å². The molecule has 0 heterocycles. The molecule has 6 nitrogen and oxygen atoms in total. The molecule has 3 aromatic rings. The molecule has 1 amide bonds. The summed E-state index contributed by atoms with van der Waals surface area (Å²) < 4.78 is 33.2. The van der Waals surface area contributed by atoms with Crippen LogP contribution in [0.3, 0.4) is 0 Å². The third-order valence-electron chi connectivity index (χ3n) is 4.42. The topological polar surface area (TPSA) is 84.5 Å². The summed E-state index contributed by atoms with van der Waals surface area (Å²) in [7, 11) is -3.71. The second-order valence-electron chi connectivity index (χ2n) is 6.77. The molecule has 0 spiro atoms. The Morgan fingerprint density at radius 3 is 2.27 bits per heavy atom. The van der Waals surface area contributed by atoms with Gasteiger partial charge in [-0.2, -0.15) is 0 Å². The second kappa shape index (κ2) is 9.93. The SMILES string of the molecule is Cc1cc(S(=O)(=O)Nc2ccccc2)ccc1OCC(=O)NCCc1ccccc1. The molecule has 0 radical (unpaired) electrons. The minimum absolute atomic E-state index is 0.128. The molecular formula is C23H24N2O4S. The Kier molecular flexibility index (Phi) is 7.08. The number of rotatable bonds is 9. The molecule has 30 heavy (non-hydrogen) atoms. The van der Waals surface area contributed by atoms with E-state index in [0.717, 1.165) is 12.0 Å². The molecular weight excluding hydrogens is 400 g/mol. The smallest absolute Gasteiger partial charge is 0.261 e. The maximum atomic E-state index is 12.6. The maximum Gasteiger partial charge on any atom is 0.261 e. The lowest BCUT2D eigenvalue weighted by Crippen LogP contribution is -2.30. The number of amides is 1. The fourth-order valence-electron chi connectivity index (χ4n) is 2.86. The highest BCUT2D eigenvalue weighted by Crippen LogP contribution is 2.23. The predicted octanol–water partition coefficient (Wildman–Crippen LogP) is 3.53. The normalized spacial score (nSPS) is 11.0. The molecule has 0 aromatic heterocycles. The van der Waals surface area contributed by atoms with Crippen LogP contribution in [0.1, 0.15) is 11.1 Å². The number of carbonyl (C=O) groups excluding carboxylic acids is 1. The average Bonchev–Trinajstić information content (AvgIpc) is 2.74. The number of para-hydroxylation sites is 1. The zero-order valence-electron chi connectivity index (χ0n) is 16.7. The number of benzene rings is 3. The van der Waals surface area contributed by atoms with E-state index in [0.29, 0.717) is 23.5 Å². The molecule has 0 saturated carbocycles. The van der Waals surface area contributed by atoms with E-state index in [1.165, 1.54) is 12.1 Å². The quantitative estimate of drug-likeness (QED) is 0.550. The molecule has 0 fully saturated rings. The average molecular weight is 425 g/mol. The monoisotopic (exact) mass is 424 g/mol. The molecule has 0 aliphatic rings. The molecule has 0 aliphatic heterocycles. The summed E-state index contributed by atoms with van der Waals surface area (Å²) in [6, 6.07) is 23.1. The molecule has 2 N–H and O–H groups in total. The Morgan fingerprint density at radius 2 is 1.60 bits per heavy atom. The van der Waals surface area contributed by atoms with Gasteiger partial charge < -0.3 is 10.1 Å². The van der Waals surface area contributed by atoms with Gasteiger partial charge in [0.25, 0.3) is 15.9 Å². The van der Waals surface area contributed by atoms with Crippen LogP contribution in [0.4, 0.5) is 5.69 Å². The van der Waals surface area contributed by atoms with Crippen molar-refractivity contribution >= 4 is 21.6 Å². The third-order valence-corrected chi connectivity index (χ3v) is 5.80. The van der Waals surface area contributed by atoms with Crippen molar-refractivity contribution in [1.82, 2.24) is 5.32 Å². The number of aryl methyl sites for hydroxylation is 1. The molecule has 156 valence electrons. The minimum Gasteiger partial charge on any atom is -0.484 e. The number of sulfonamides is 1. The summed E-state index contributed by atoms with van der Waals surface area (Å²) in [6.07, 6.45) is 0.743. The van der Waals surface area contributed by atoms with E-state index in [4.69, 9.17) is 4.74 Å². The van der Waals surface area contributed by atoms with E-state index in [9.17, 15) is 13.2 Å². The first-order valence-electron chi connectivity index (χ1n) is 9.56. The third kappa shape index (κ3) is 6.09. The minimum atomic E-state index is -3.71. The summed E-state index contributed by atoms with van der Waals surface area (Å²) in [5.74, 6) is 0.236. The van der Waals surface area contributed by atoms with Crippen LogP contribution >= 0.6 is 0 Å². The van der Waals surface area contributed by atoms with Crippen LogP contribution in [-0.4, -0.2) is 27.5 Å². The molecule has 7 heteroatoms. The van der Waals surface area contributed by atoms with Gasteiger partial charge in [-0.15, -0.1) is 0 Å². The fraction of sp³-hybridized carbons (Fsp3) is 0.174. The van der Waals surface area contributed by atoms with Crippen molar-refractivity contribution < 1.29 is 17.9 Å². The van der Waals surface area contributed by atoms with Gasteiger partial charge in [0, 0.05) is 12.2 Å². The zero-order valence-corrected chi connectivity index (χ0v) is 17.5. The molecule has 0 saturated heterocycles. The molecule has 0 bridgehead atoms. The van der Waals surface area contributed by atoms with Crippen molar-refractivity contribution in [3.63, 3.8) is 0 Å². The predicted molar refractivity (Wildman–Crippen MR) is 117 cm³/mol. The first-order valence-corrected chi connectivity index (χ1v) is 11.0. The van der Waals surface area contributed by atoms with Crippen LogP contribution in [0.25, 0.3) is 0 Å². The van der Waals surface area contributed by atoms with E-state index < -0.39 is 10.0 Å². The Bertz CT molecular complexity index is 1080. The van der Waals surface area contributed by atoms with Crippen molar-refractivity contribution in [2.45, 2.75) is 18.2 Å². The van der Waals surface area contributed by atoms with Crippen LogP contribution < -0.4 is 14.8 Å². The highest BCUT2D eigenvalue weighted by Gasteiger charge is 2.16. The number of hydrogen-bond acceptors (Lipinski definition) is 4. The summed E-state index contributed by atoms with van der Waals surface area (Å²) in [6.45, 7) is 2.13. The lowest BCUT2D eigenvalue weighted by Gasteiger charge is -2.12. The van der Waals surface area contributed by atoms with Gasteiger partial charge in [0.05, 0.1) is 4.90 Å². The summed E-state index contributed by atoms with van der Waals surface area (Å²) in [5.41, 5.74) is 2.26. The molecule has 0 atom stereocenters. The maximum absolute atomic E-state index is 12.6. The van der Waals surface area contributed by atoms with E-state index >= 15 is 0 Å². The van der Waals surface area contributed by atoms with Crippen molar-refractivity contribution in [1.29, 1.82) is 0 Å². The number of carbonyl (C=O) groups is 1. The summed E-state index contributed by atoms with van der Waals surface area (Å²) in [5, 5.41) is 2.81. The molecule has 0 unspecified atom stereocenters. The first-order chi connectivity index (χ1) is 14.4. The van der Waals surface area contributed by atoms with Gasteiger partial charge in [-0.3, -0.25) is 9.52 Å². The Morgan fingerprint density at radius 1 is 0.933 bits per heavy atom. The highest BCUT2D eigenvalue weighted by atomic mass is 32.2. The van der Waals surface area contributed by atoms with E-state index in [1.807, 2.05) is 36.4 Å². The van der Waals surface area contributed by atoms with Crippen LogP contribution in [0, 0.1) is 6.92 Å². The number of ether oxygens (including phenoxy) is 1. The van der Waals surface area contributed by atoms with Crippen molar-refractivity contribution in [3.8, 4) is 5.75 Å². The molecule has 0 aliphatic carbocycles. The zero-order chi connectivity index (χ0) is 21.4. The fourth-order valence-corrected chi connectivity index (χ4v) is 4.00. The van der Waals surface area contributed by atoms with Gasteiger partial charge in [0.2, 0.25) is 0 Å². The Labute approximate surface area is 177 Å². The molecule has 3 aromatic carbocycles. The van der Waals surface area contributed by atoms with Gasteiger partial charge in [0.1, 0.15) is 5.75 Å². The van der Waals surface area contributed by atoms with Crippen molar-refractivity contribution in [2.75, 3.05) is 17.9 Å². The van der Waals surface area contributed by atoms with Gasteiger partial charge >= 0.3 is 0 Å². The van der Waals surface area contributed by atoms with Crippen LogP contribution in [0.15, 0.2) is 83.8 Å². The van der Waals surface area contributed by atoms with Gasteiger partial charge in [-0.25, -0.2) is 8.42 Å². The van der Waals surface area contributed by atoms with Crippen LogP contribution in [0.5, 0.6) is 5.75 Å². The van der Waals surface area contributed by atoms with E-state index in [1.54, 1.807) is 37.3 Å². The highest BCUT2D eigenvalue weighted by molar-refractivity contribution is 7.92. The standard InChI is InChI=1S/C23H24N2O4S/c1-18-16-21(30(27,28)25-20-10-6-3-7-11-20)12-13-22(18)29-17-23(26)24-15-14-19-8-4-2-5-9-19/h2-13,16,25H,14-15,17H2,1H3,(H,24,26). The molecule has 3 rings (SSSR count). The van der Waals surface area contributed by atoms with E-state index in [2.05, 4.69) is 10.0 Å². The van der Waals surface area contributed by atoms with Gasteiger partial charge in [0.15, 0.2) is 6.61 Å². The van der Waals surface area contributed by atoms with E-state index in [-0.39, 0.29) is 17.4 Å². The number of nitrogens with one attached hydrogen (secondary N) is 2. The van der Waals surface area contributed by atoms with Crippen molar-refractivity contribution in [3.05, 3.63) is 90.0 Å². The Balaban J connectivity index is 1.53. The summed E-state index contributed by atoms with van der Waals surface area (Å²) >= 11 is 0. The van der Waals surface area contributed by atoms with Gasteiger partial charge in [-0.1, -0.05) is 48.5 Å². The van der Waals surface area contributed by atoms with Crippen LogP contribution in [0.2, 0.25) is 0 Å². The number of anilines is 1. The van der Waals surface area contributed by atoms with Crippen molar-refractivity contribution in [2.24, 2.45) is 0 Å². The van der Waals surface area contributed by atoms with Crippen LogP contribution in [-0.2, 0) is 21.2 Å². The second-order valence-corrected chi connectivity index (χ2v) is 8.46. The largest absolute Gasteiger partial charge is 0.484 e. The summed E-state index contributed by atoms with van der Waals surface area (Å²) in [4.78, 5) is 12.1.